The minimum atomic E-state index is 0.0252. The third kappa shape index (κ3) is 6.77. The van der Waals surface area contributed by atoms with Crippen LogP contribution in [0, 0.1) is 5.92 Å². The first-order chi connectivity index (χ1) is 15.7. The summed E-state index contributed by atoms with van der Waals surface area (Å²) in [7, 11) is 0. The molecule has 1 unspecified atom stereocenters. The smallest absolute Gasteiger partial charge is 0.241 e. The average molecular weight is 460 g/mol. The summed E-state index contributed by atoms with van der Waals surface area (Å²) in [5.41, 5.74) is 0.837. The summed E-state index contributed by atoms with van der Waals surface area (Å²) in [4.78, 5) is 22.0. The van der Waals surface area contributed by atoms with Gasteiger partial charge in [0.2, 0.25) is 17.6 Å². The Morgan fingerprint density at radius 2 is 1.94 bits per heavy atom. The van der Waals surface area contributed by atoms with Crippen LogP contribution in [0.25, 0.3) is 11.4 Å². The quantitative estimate of drug-likeness (QED) is 0.602. The van der Waals surface area contributed by atoms with Gasteiger partial charge in [-0.15, -0.1) is 0 Å². The van der Waals surface area contributed by atoms with Crippen LogP contribution in [0.4, 0.5) is 0 Å². The summed E-state index contributed by atoms with van der Waals surface area (Å²) in [5, 5.41) is 7.90. The average Bonchev–Trinajstić information content (AvgIpc) is 3.11. The number of benzene rings is 1. The Morgan fingerprint density at radius 3 is 2.75 bits per heavy atom. The molecular weight excluding hydrogens is 426 g/mol. The fourth-order valence-corrected chi connectivity index (χ4v) is 4.88. The van der Waals surface area contributed by atoms with Crippen LogP contribution in [0.15, 0.2) is 28.8 Å². The predicted octanol–water partition coefficient (Wildman–Crippen LogP) is 3.98. The molecule has 4 rings (SSSR count). The van der Waals surface area contributed by atoms with Gasteiger partial charge in [0.15, 0.2) is 0 Å². The Hall–Kier alpha value is -1.96. The highest BCUT2D eigenvalue weighted by Crippen LogP contribution is 2.22. The first kappa shape index (κ1) is 23.2. The van der Waals surface area contributed by atoms with Crippen LogP contribution in [0.3, 0.4) is 0 Å². The number of nitrogens with zero attached hydrogens (tertiary/aromatic N) is 4. The maximum atomic E-state index is 12.7. The number of amides is 1. The highest BCUT2D eigenvalue weighted by Gasteiger charge is 2.26. The summed E-state index contributed by atoms with van der Waals surface area (Å²) in [6, 6.07) is 7.42. The van der Waals surface area contributed by atoms with Gasteiger partial charge in [0.05, 0.1) is 12.5 Å². The van der Waals surface area contributed by atoms with E-state index in [1.54, 1.807) is 0 Å². The highest BCUT2D eigenvalue weighted by molar-refractivity contribution is 6.30. The van der Waals surface area contributed by atoms with Gasteiger partial charge in [0.25, 0.3) is 0 Å². The second kappa shape index (κ2) is 11.8. The Labute approximate surface area is 195 Å². The van der Waals surface area contributed by atoms with Crippen LogP contribution in [0.5, 0.6) is 0 Å². The van der Waals surface area contributed by atoms with Crippen molar-refractivity contribution in [2.75, 3.05) is 39.3 Å². The molecule has 0 bridgehead atoms. The van der Waals surface area contributed by atoms with Gasteiger partial charge in [0, 0.05) is 23.7 Å². The zero-order valence-corrected chi connectivity index (χ0v) is 19.5. The number of rotatable bonds is 8. The molecule has 2 aromatic rings. The van der Waals surface area contributed by atoms with Crippen molar-refractivity contribution in [2.24, 2.45) is 5.92 Å². The topological polar surface area (TPSA) is 74.5 Å². The van der Waals surface area contributed by atoms with Gasteiger partial charge >= 0.3 is 0 Å². The van der Waals surface area contributed by atoms with Gasteiger partial charge in [-0.05, 0) is 70.4 Å². The molecule has 174 valence electrons. The van der Waals surface area contributed by atoms with Crippen molar-refractivity contribution in [1.29, 1.82) is 0 Å². The maximum absolute atomic E-state index is 12.7. The molecule has 1 aromatic carbocycles. The van der Waals surface area contributed by atoms with Crippen molar-refractivity contribution in [3.05, 3.63) is 35.2 Å². The lowest BCUT2D eigenvalue weighted by Gasteiger charge is -2.31. The number of carbonyl (C=O) groups excluding carboxylic acids is 1. The summed E-state index contributed by atoms with van der Waals surface area (Å²) in [6.45, 7) is 6.49. The molecule has 32 heavy (non-hydrogen) atoms. The number of piperidine rings is 1. The molecular formula is C24H34ClN5O2. The molecule has 0 spiro atoms. The third-order valence-corrected chi connectivity index (χ3v) is 6.67. The van der Waals surface area contributed by atoms with Gasteiger partial charge in [-0.2, -0.15) is 4.98 Å². The van der Waals surface area contributed by atoms with Gasteiger partial charge in [0.1, 0.15) is 0 Å². The lowest BCUT2D eigenvalue weighted by molar-refractivity contribution is -0.126. The van der Waals surface area contributed by atoms with E-state index in [2.05, 4.69) is 25.3 Å². The summed E-state index contributed by atoms with van der Waals surface area (Å²) in [6.07, 6.45) is 8.30. The van der Waals surface area contributed by atoms with Crippen molar-refractivity contribution < 1.29 is 9.32 Å². The second-order valence-electron chi connectivity index (χ2n) is 9.00. The molecule has 8 heteroatoms. The van der Waals surface area contributed by atoms with E-state index in [1.807, 2.05) is 24.3 Å². The molecule has 2 fully saturated rings. The number of carbonyl (C=O) groups is 1. The molecule has 2 aliphatic heterocycles. The number of halogens is 1. The standard InChI is InChI=1S/C24H34ClN5O2/c25-21-10-5-8-19(16-21)23-27-22(32-28-23)18-30-14-6-9-20(17-30)24(31)26-11-7-15-29-12-3-1-2-4-13-29/h5,8,10,16,20H,1-4,6-7,9,11-15,17-18H2,(H,26,31). The van der Waals surface area contributed by atoms with Crippen LogP contribution in [-0.4, -0.2) is 65.1 Å². The summed E-state index contributed by atoms with van der Waals surface area (Å²) >= 11 is 6.06. The Kier molecular flexibility index (Phi) is 8.54. The van der Waals surface area contributed by atoms with Crippen molar-refractivity contribution in [3.8, 4) is 11.4 Å². The van der Waals surface area contributed by atoms with E-state index in [4.69, 9.17) is 16.1 Å². The number of likely N-dealkylation sites (tertiary alicyclic amines) is 2. The number of aromatic nitrogens is 2. The molecule has 0 radical (unpaired) electrons. The first-order valence-corrected chi connectivity index (χ1v) is 12.4. The minimum absolute atomic E-state index is 0.0252. The van der Waals surface area contributed by atoms with Gasteiger partial charge in [-0.3, -0.25) is 9.69 Å². The van der Waals surface area contributed by atoms with Crippen LogP contribution in [-0.2, 0) is 11.3 Å². The molecule has 2 aliphatic rings. The summed E-state index contributed by atoms with van der Waals surface area (Å²) in [5.74, 6) is 1.31. The van der Waals surface area contributed by atoms with E-state index in [0.29, 0.717) is 23.3 Å². The van der Waals surface area contributed by atoms with E-state index in [0.717, 1.165) is 51.0 Å². The molecule has 7 nitrogen and oxygen atoms in total. The van der Waals surface area contributed by atoms with Crippen molar-refractivity contribution in [1.82, 2.24) is 25.3 Å². The van der Waals surface area contributed by atoms with E-state index >= 15 is 0 Å². The molecule has 0 aliphatic carbocycles. The lowest BCUT2D eigenvalue weighted by atomic mass is 9.97. The SMILES string of the molecule is O=C(NCCCN1CCCCCC1)C1CCCN(Cc2nc(-c3cccc(Cl)c3)no2)C1. The molecule has 1 aromatic heterocycles. The zero-order chi connectivity index (χ0) is 22.2. The van der Waals surface area contributed by atoms with Crippen LogP contribution >= 0.6 is 11.6 Å². The fourth-order valence-electron chi connectivity index (χ4n) is 4.69. The maximum Gasteiger partial charge on any atom is 0.241 e. The van der Waals surface area contributed by atoms with E-state index in [9.17, 15) is 4.79 Å². The predicted molar refractivity (Wildman–Crippen MR) is 125 cm³/mol. The van der Waals surface area contributed by atoms with Crippen LogP contribution < -0.4 is 5.32 Å². The zero-order valence-electron chi connectivity index (χ0n) is 18.8. The molecule has 3 heterocycles. The van der Waals surface area contributed by atoms with Gasteiger partial charge in [-0.25, -0.2) is 0 Å². The molecule has 1 N–H and O–H groups in total. The van der Waals surface area contributed by atoms with Crippen LogP contribution in [0.2, 0.25) is 5.02 Å². The molecule has 2 saturated heterocycles. The Balaban J connectivity index is 1.20. The largest absolute Gasteiger partial charge is 0.356 e. The molecule has 1 atom stereocenters. The van der Waals surface area contributed by atoms with Crippen molar-refractivity contribution in [2.45, 2.75) is 51.5 Å². The van der Waals surface area contributed by atoms with Gasteiger partial charge < -0.3 is 14.7 Å². The highest BCUT2D eigenvalue weighted by atomic mass is 35.5. The van der Waals surface area contributed by atoms with E-state index in [1.165, 1.54) is 38.8 Å². The Morgan fingerprint density at radius 1 is 1.12 bits per heavy atom. The van der Waals surface area contributed by atoms with E-state index in [-0.39, 0.29) is 11.8 Å². The number of hydrogen-bond donors (Lipinski definition) is 1. The normalized spacial score (nSPS) is 20.7. The second-order valence-corrected chi connectivity index (χ2v) is 9.43. The number of hydrogen-bond acceptors (Lipinski definition) is 6. The molecule has 0 saturated carbocycles. The summed E-state index contributed by atoms with van der Waals surface area (Å²) < 4.78 is 5.45. The number of nitrogens with one attached hydrogen (secondary N) is 1. The fraction of sp³-hybridized carbons (Fsp3) is 0.625. The van der Waals surface area contributed by atoms with Crippen LogP contribution in [0.1, 0.15) is 50.8 Å². The Bertz CT molecular complexity index is 866. The van der Waals surface area contributed by atoms with Crippen molar-refractivity contribution in [3.63, 3.8) is 0 Å². The monoisotopic (exact) mass is 459 g/mol. The first-order valence-electron chi connectivity index (χ1n) is 12.0. The lowest BCUT2D eigenvalue weighted by Crippen LogP contribution is -2.43. The van der Waals surface area contributed by atoms with Gasteiger partial charge in [-0.1, -0.05) is 41.7 Å². The molecule has 1 amide bonds. The van der Waals surface area contributed by atoms with Crippen molar-refractivity contribution >= 4 is 17.5 Å². The van der Waals surface area contributed by atoms with E-state index < -0.39 is 0 Å². The third-order valence-electron chi connectivity index (χ3n) is 6.44. The minimum Gasteiger partial charge on any atom is -0.356 e.